The molecule has 0 aromatic carbocycles. The minimum atomic E-state index is -0.436. The highest BCUT2D eigenvalue weighted by Crippen LogP contribution is 2.22. The molecule has 1 aromatic rings. The first-order chi connectivity index (χ1) is 7.72. The molecule has 2 N–H and O–H groups in total. The van der Waals surface area contributed by atoms with Crippen molar-refractivity contribution >= 4 is 11.8 Å². The van der Waals surface area contributed by atoms with Crippen molar-refractivity contribution in [1.82, 2.24) is 9.97 Å². The molecular formula is C10H15FN4O. The summed E-state index contributed by atoms with van der Waals surface area (Å²) in [5, 5.41) is 0. The van der Waals surface area contributed by atoms with Gasteiger partial charge >= 0.3 is 0 Å². The molecule has 6 heteroatoms. The molecule has 1 unspecified atom stereocenters. The SMILES string of the molecule is CCC1COCCN1c1nc(N)ncc1F. The van der Waals surface area contributed by atoms with Gasteiger partial charge in [0.1, 0.15) is 0 Å². The van der Waals surface area contributed by atoms with Crippen molar-refractivity contribution in [3.05, 3.63) is 12.0 Å². The molecule has 1 atom stereocenters. The molecule has 2 heterocycles. The number of rotatable bonds is 2. The summed E-state index contributed by atoms with van der Waals surface area (Å²) in [7, 11) is 0. The Morgan fingerprint density at radius 3 is 3.25 bits per heavy atom. The maximum Gasteiger partial charge on any atom is 0.222 e. The van der Waals surface area contributed by atoms with Crippen molar-refractivity contribution in [3.8, 4) is 0 Å². The standard InChI is InChI=1S/C10H15FN4O/c1-2-7-6-16-4-3-15(7)9-8(11)5-13-10(12)14-9/h5,7H,2-4,6H2,1H3,(H2,12,13,14). The van der Waals surface area contributed by atoms with Crippen LogP contribution in [0, 0.1) is 5.82 Å². The number of halogens is 1. The molecule has 0 spiro atoms. The summed E-state index contributed by atoms with van der Waals surface area (Å²) >= 11 is 0. The molecule has 0 aliphatic carbocycles. The minimum absolute atomic E-state index is 0.0951. The quantitative estimate of drug-likeness (QED) is 0.808. The van der Waals surface area contributed by atoms with Crippen molar-refractivity contribution in [2.24, 2.45) is 0 Å². The van der Waals surface area contributed by atoms with E-state index in [4.69, 9.17) is 10.5 Å². The fourth-order valence-corrected chi connectivity index (χ4v) is 1.84. The van der Waals surface area contributed by atoms with Crippen LogP contribution in [0.15, 0.2) is 6.20 Å². The second-order valence-electron chi connectivity index (χ2n) is 3.73. The number of hydrogen-bond acceptors (Lipinski definition) is 5. The molecule has 1 aromatic heterocycles. The summed E-state index contributed by atoms with van der Waals surface area (Å²) in [4.78, 5) is 9.48. The summed E-state index contributed by atoms with van der Waals surface area (Å²) < 4.78 is 19.0. The largest absolute Gasteiger partial charge is 0.377 e. The molecule has 1 aliphatic heterocycles. The number of morpholine rings is 1. The fraction of sp³-hybridized carbons (Fsp3) is 0.600. The summed E-state index contributed by atoms with van der Waals surface area (Å²) in [5.41, 5.74) is 5.47. The molecule has 5 nitrogen and oxygen atoms in total. The number of anilines is 2. The van der Waals surface area contributed by atoms with Crippen molar-refractivity contribution in [3.63, 3.8) is 0 Å². The Bertz CT molecular complexity index is 374. The van der Waals surface area contributed by atoms with E-state index in [1.54, 1.807) is 0 Å². The predicted molar refractivity (Wildman–Crippen MR) is 58.6 cm³/mol. The zero-order chi connectivity index (χ0) is 11.5. The first-order valence-electron chi connectivity index (χ1n) is 5.34. The lowest BCUT2D eigenvalue weighted by atomic mass is 10.2. The molecule has 88 valence electrons. The molecule has 0 amide bonds. The van der Waals surface area contributed by atoms with Crippen LogP contribution in [0.5, 0.6) is 0 Å². The van der Waals surface area contributed by atoms with Gasteiger partial charge in [-0.2, -0.15) is 4.98 Å². The highest BCUT2D eigenvalue weighted by molar-refractivity contribution is 5.44. The fourth-order valence-electron chi connectivity index (χ4n) is 1.84. The van der Waals surface area contributed by atoms with Gasteiger partial charge in [-0.1, -0.05) is 6.92 Å². The average Bonchev–Trinajstić information content (AvgIpc) is 2.32. The molecule has 2 rings (SSSR count). The van der Waals surface area contributed by atoms with Crippen molar-refractivity contribution in [2.45, 2.75) is 19.4 Å². The van der Waals surface area contributed by atoms with E-state index in [1.165, 1.54) is 0 Å². The first kappa shape index (κ1) is 11.1. The lowest BCUT2D eigenvalue weighted by molar-refractivity contribution is 0.0921. The molecule has 1 saturated heterocycles. The van der Waals surface area contributed by atoms with Crippen LogP contribution < -0.4 is 10.6 Å². The van der Waals surface area contributed by atoms with Crippen LogP contribution in [0.25, 0.3) is 0 Å². The number of nitrogens with zero attached hydrogens (tertiary/aromatic N) is 3. The Balaban J connectivity index is 2.30. The smallest absolute Gasteiger partial charge is 0.222 e. The van der Waals surface area contributed by atoms with E-state index in [-0.39, 0.29) is 17.8 Å². The Hall–Kier alpha value is -1.43. The maximum atomic E-state index is 13.6. The number of ether oxygens (including phenoxy) is 1. The zero-order valence-electron chi connectivity index (χ0n) is 9.19. The average molecular weight is 226 g/mol. The second kappa shape index (κ2) is 4.61. The van der Waals surface area contributed by atoms with Gasteiger partial charge in [0.05, 0.1) is 25.5 Å². The van der Waals surface area contributed by atoms with Gasteiger partial charge in [0.15, 0.2) is 11.6 Å². The monoisotopic (exact) mass is 226 g/mol. The highest BCUT2D eigenvalue weighted by atomic mass is 19.1. The van der Waals surface area contributed by atoms with Gasteiger partial charge in [0.25, 0.3) is 0 Å². The third-order valence-corrected chi connectivity index (χ3v) is 2.72. The topological polar surface area (TPSA) is 64.3 Å². The lowest BCUT2D eigenvalue weighted by Crippen LogP contribution is -2.46. The van der Waals surface area contributed by atoms with Gasteiger partial charge in [0.2, 0.25) is 5.95 Å². The summed E-state index contributed by atoms with van der Waals surface area (Å²) in [5.74, 6) is -0.0602. The second-order valence-corrected chi connectivity index (χ2v) is 3.73. The van der Waals surface area contributed by atoms with Crippen LogP contribution >= 0.6 is 0 Å². The molecule has 1 aliphatic rings. The molecule has 0 bridgehead atoms. The van der Waals surface area contributed by atoms with Gasteiger partial charge in [-0.3, -0.25) is 0 Å². The minimum Gasteiger partial charge on any atom is -0.377 e. The number of hydrogen-bond donors (Lipinski definition) is 1. The molecule has 1 fully saturated rings. The van der Waals surface area contributed by atoms with Gasteiger partial charge in [-0.25, -0.2) is 9.37 Å². The van der Waals surface area contributed by atoms with Crippen LogP contribution in [0.1, 0.15) is 13.3 Å². The number of aromatic nitrogens is 2. The van der Waals surface area contributed by atoms with Crippen molar-refractivity contribution < 1.29 is 9.13 Å². The van der Waals surface area contributed by atoms with Gasteiger partial charge in [-0.15, -0.1) is 0 Å². The molecule has 0 saturated carbocycles. The molecule has 16 heavy (non-hydrogen) atoms. The van der Waals surface area contributed by atoms with E-state index in [0.717, 1.165) is 12.6 Å². The Morgan fingerprint density at radius 2 is 2.50 bits per heavy atom. The van der Waals surface area contributed by atoms with Gasteiger partial charge < -0.3 is 15.4 Å². The number of nitrogens with two attached hydrogens (primary N) is 1. The summed E-state index contributed by atoms with van der Waals surface area (Å²) in [6.45, 7) is 3.85. The predicted octanol–water partition coefficient (Wildman–Crippen LogP) is 0.813. The normalized spacial score (nSPS) is 21.1. The van der Waals surface area contributed by atoms with Crippen LogP contribution in [-0.4, -0.2) is 35.8 Å². The van der Waals surface area contributed by atoms with Crippen LogP contribution in [0.3, 0.4) is 0 Å². The Labute approximate surface area is 93.4 Å². The van der Waals surface area contributed by atoms with E-state index >= 15 is 0 Å². The van der Waals surface area contributed by atoms with E-state index in [0.29, 0.717) is 19.8 Å². The zero-order valence-corrected chi connectivity index (χ0v) is 9.19. The highest BCUT2D eigenvalue weighted by Gasteiger charge is 2.25. The maximum absolute atomic E-state index is 13.6. The van der Waals surface area contributed by atoms with E-state index in [2.05, 4.69) is 9.97 Å². The number of nitrogen functional groups attached to an aromatic ring is 1. The van der Waals surface area contributed by atoms with Crippen LogP contribution in [0.2, 0.25) is 0 Å². The molecule has 0 radical (unpaired) electrons. The lowest BCUT2D eigenvalue weighted by Gasteiger charge is -2.35. The van der Waals surface area contributed by atoms with Crippen LogP contribution in [0.4, 0.5) is 16.2 Å². The Morgan fingerprint density at radius 1 is 1.69 bits per heavy atom. The van der Waals surface area contributed by atoms with Crippen LogP contribution in [-0.2, 0) is 4.74 Å². The van der Waals surface area contributed by atoms with E-state index in [9.17, 15) is 4.39 Å². The third-order valence-electron chi connectivity index (χ3n) is 2.72. The van der Waals surface area contributed by atoms with E-state index in [1.807, 2.05) is 11.8 Å². The van der Waals surface area contributed by atoms with E-state index < -0.39 is 5.82 Å². The first-order valence-corrected chi connectivity index (χ1v) is 5.34. The van der Waals surface area contributed by atoms with Gasteiger partial charge in [0, 0.05) is 6.54 Å². The van der Waals surface area contributed by atoms with Crippen molar-refractivity contribution in [1.29, 1.82) is 0 Å². The van der Waals surface area contributed by atoms with Gasteiger partial charge in [-0.05, 0) is 6.42 Å². The summed E-state index contributed by atoms with van der Waals surface area (Å²) in [6, 6.07) is 0.151. The molecular weight excluding hydrogens is 211 g/mol. The third kappa shape index (κ3) is 2.06. The Kier molecular flexibility index (Phi) is 3.19. The van der Waals surface area contributed by atoms with Crippen molar-refractivity contribution in [2.75, 3.05) is 30.4 Å². The summed E-state index contributed by atoms with van der Waals surface area (Å²) in [6.07, 6.45) is 1.99.